The van der Waals surface area contributed by atoms with Gasteiger partial charge in [-0.15, -0.1) is 0 Å². The third kappa shape index (κ3) is 2.27. The summed E-state index contributed by atoms with van der Waals surface area (Å²) in [5, 5.41) is 10.4. The van der Waals surface area contributed by atoms with E-state index in [4.69, 9.17) is 5.11 Å². The molecule has 0 bridgehead atoms. The molecule has 2 nitrogen and oxygen atoms in total. The summed E-state index contributed by atoms with van der Waals surface area (Å²) in [6, 6.07) is 0. The Morgan fingerprint density at radius 2 is 2.40 bits per heavy atom. The fraction of sp³-hybridized carbons (Fsp3) is 0.286. The van der Waals surface area contributed by atoms with Gasteiger partial charge in [-0.05, 0) is 12.2 Å². The van der Waals surface area contributed by atoms with Crippen LogP contribution in [-0.2, 0) is 15.7 Å². The van der Waals surface area contributed by atoms with E-state index in [1.165, 1.54) is 0 Å². The van der Waals surface area contributed by atoms with Gasteiger partial charge >= 0.3 is 5.97 Å². The molecule has 0 amide bonds. The summed E-state index contributed by atoms with van der Waals surface area (Å²) in [5.41, 5.74) is 0. The van der Waals surface area contributed by atoms with Gasteiger partial charge in [0.25, 0.3) is 0 Å². The molecule has 0 aromatic rings. The van der Waals surface area contributed by atoms with Gasteiger partial charge in [-0.3, -0.25) is 0 Å². The maximum absolute atomic E-state index is 10.2. The minimum absolute atomic E-state index is 0.0417. The maximum Gasteiger partial charge on any atom is 0.354 e. The van der Waals surface area contributed by atoms with Gasteiger partial charge in [-0.25, -0.2) is 4.79 Å². The number of aliphatic carboxylic acids is 1. The van der Waals surface area contributed by atoms with Crippen LogP contribution in [0.25, 0.3) is 0 Å². The second-order valence-corrected chi connectivity index (χ2v) is 3.97. The summed E-state index contributed by atoms with van der Waals surface area (Å²) < 4.78 is 0. The number of hydrogen-bond acceptors (Lipinski definition) is 1. The highest BCUT2D eigenvalue weighted by Crippen LogP contribution is 2.04. The summed E-state index contributed by atoms with van der Waals surface area (Å²) in [7, 11) is -0.0417. The average Bonchev–Trinajstić information content (AvgIpc) is 1.88. The van der Waals surface area contributed by atoms with E-state index in [0.29, 0.717) is 0 Å². The summed E-state index contributed by atoms with van der Waals surface area (Å²) in [6.07, 6.45) is 5.87. The Balaban J connectivity index is 2.37. The first-order chi connectivity index (χ1) is 4.79. The van der Waals surface area contributed by atoms with Crippen molar-refractivity contribution in [3.8, 4) is 0 Å². The molecule has 0 radical (unpaired) electrons. The molecular formula is C7H9O2S+. The molecule has 1 rings (SSSR count). The zero-order chi connectivity index (χ0) is 7.40. The molecule has 0 aromatic carbocycles. The third-order valence-corrected chi connectivity index (χ3v) is 2.92. The molecule has 1 aliphatic rings. The predicted octanol–water partition coefficient (Wildman–Crippen LogP) is 0.773. The minimum atomic E-state index is -0.705. The summed E-state index contributed by atoms with van der Waals surface area (Å²) in [6.45, 7) is 0. The van der Waals surface area contributed by atoms with Crippen LogP contribution >= 0.6 is 0 Å². The van der Waals surface area contributed by atoms with Gasteiger partial charge in [-0.2, -0.15) is 0 Å². The van der Waals surface area contributed by atoms with E-state index < -0.39 is 5.97 Å². The van der Waals surface area contributed by atoms with Gasteiger partial charge in [0.1, 0.15) is 11.2 Å². The number of hydrogen-bond donors (Lipinski definition) is 1. The van der Waals surface area contributed by atoms with Crippen LogP contribution in [-0.4, -0.2) is 22.6 Å². The first kappa shape index (κ1) is 7.41. The van der Waals surface area contributed by atoms with E-state index in [2.05, 4.69) is 0 Å². The summed E-state index contributed by atoms with van der Waals surface area (Å²) >= 11 is 0. The maximum atomic E-state index is 10.2. The molecule has 3 heteroatoms. The quantitative estimate of drug-likeness (QED) is 0.601. The van der Waals surface area contributed by atoms with Gasteiger partial charge in [-0.1, -0.05) is 6.08 Å². The Morgan fingerprint density at radius 1 is 1.60 bits per heavy atom. The third-order valence-electron chi connectivity index (χ3n) is 1.14. The second kappa shape index (κ2) is 3.46. The van der Waals surface area contributed by atoms with E-state index in [1.54, 1.807) is 0 Å². The molecule has 0 fully saturated rings. The van der Waals surface area contributed by atoms with E-state index in [9.17, 15) is 4.79 Å². The number of rotatable bonds is 2. The Labute approximate surface area is 62.6 Å². The smallest absolute Gasteiger partial charge is 0.354 e. The van der Waals surface area contributed by atoms with Crippen LogP contribution in [0.15, 0.2) is 23.6 Å². The lowest BCUT2D eigenvalue weighted by Crippen LogP contribution is -2.16. The Kier molecular flexibility index (Phi) is 2.57. The topological polar surface area (TPSA) is 37.3 Å². The zero-order valence-electron chi connectivity index (χ0n) is 5.49. The average molecular weight is 157 g/mol. The van der Waals surface area contributed by atoms with Crippen LogP contribution in [0.2, 0.25) is 0 Å². The van der Waals surface area contributed by atoms with E-state index in [-0.39, 0.29) is 16.6 Å². The standard InChI is InChI=1S/C7H8O2S/c8-7(9)6-10-4-2-1-3-5-10/h1-4H,5-6H2/p+1. The van der Waals surface area contributed by atoms with Crippen molar-refractivity contribution in [2.45, 2.75) is 0 Å². The zero-order valence-corrected chi connectivity index (χ0v) is 6.30. The van der Waals surface area contributed by atoms with Crippen molar-refractivity contribution in [2.75, 3.05) is 11.5 Å². The first-order valence-electron chi connectivity index (χ1n) is 3.00. The van der Waals surface area contributed by atoms with Crippen LogP contribution in [0.4, 0.5) is 0 Å². The molecule has 0 saturated carbocycles. The first-order valence-corrected chi connectivity index (χ1v) is 4.63. The molecule has 1 heterocycles. The van der Waals surface area contributed by atoms with Gasteiger partial charge in [0.2, 0.25) is 5.75 Å². The fourth-order valence-corrected chi connectivity index (χ4v) is 2.05. The highest BCUT2D eigenvalue weighted by Gasteiger charge is 2.18. The second-order valence-electron chi connectivity index (χ2n) is 2.00. The largest absolute Gasteiger partial charge is 0.478 e. The van der Waals surface area contributed by atoms with Crippen LogP contribution < -0.4 is 0 Å². The Bertz CT molecular complexity index is 184. The highest BCUT2D eigenvalue weighted by molar-refractivity contribution is 8.00. The lowest BCUT2D eigenvalue weighted by atomic mass is 10.5. The van der Waals surface area contributed by atoms with Gasteiger partial charge in [0, 0.05) is 10.9 Å². The van der Waals surface area contributed by atoms with Crippen LogP contribution in [0.3, 0.4) is 0 Å². The van der Waals surface area contributed by atoms with Crippen molar-refractivity contribution in [1.82, 2.24) is 0 Å². The SMILES string of the molecule is O=C(O)C[S+]1C=CC=CC1. The van der Waals surface area contributed by atoms with Crippen LogP contribution in [0.5, 0.6) is 0 Å². The molecule has 0 aromatic heterocycles. The molecule has 0 saturated heterocycles. The van der Waals surface area contributed by atoms with Crippen molar-refractivity contribution < 1.29 is 9.90 Å². The molecule has 0 aliphatic carbocycles. The van der Waals surface area contributed by atoms with Crippen LogP contribution in [0.1, 0.15) is 0 Å². The van der Waals surface area contributed by atoms with Gasteiger partial charge in [0.05, 0.1) is 0 Å². The van der Waals surface area contributed by atoms with E-state index in [0.717, 1.165) is 5.75 Å². The van der Waals surface area contributed by atoms with Crippen molar-refractivity contribution in [1.29, 1.82) is 0 Å². The van der Waals surface area contributed by atoms with Crippen LogP contribution in [0, 0.1) is 0 Å². The van der Waals surface area contributed by atoms with Crippen molar-refractivity contribution >= 4 is 16.9 Å². The van der Waals surface area contributed by atoms with Crippen molar-refractivity contribution in [3.05, 3.63) is 23.6 Å². The van der Waals surface area contributed by atoms with Gasteiger partial charge in [0.15, 0.2) is 0 Å². The molecular weight excluding hydrogens is 148 g/mol. The lowest BCUT2D eigenvalue weighted by Gasteiger charge is -1.98. The van der Waals surface area contributed by atoms with Gasteiger partial charge < -0.3 is 5.11 Å². The Hall–Kier alpha value is -0.700. The number of carbonyl (C=O) groups is 1. The van der Waals surface area contributed by atoms with E-state index in [1.807, 2.05) is 23.6 Å². The number of carboxylic acids is 1. The number of carboxylic acid groups (broad SMARTS) is 1. The highest BCUT2D eigenvalue weighted by atomic mass is 32.2. The molecule has 10 heavy (non-hydrogen) atoms. The fourth-order valence-electron chi connectivity index (χ4n) is 0.735. The van der Waals surface area contributed by atoms with E-state index >= 15 is 0 Å². The molecule has 54 valence electrons. The monoisotopic (exact) mass is 157 g/mol. The minimum Gasteiger partial charge on any atom is -0.478 e. The summed E-state index contributed by atoms with van der Waals surface area (Å²) in [4.78, 5) is 10.2. The predicted molar refractivity (Wildman–Crippen MR) is 43.0 cm³/mol. The van der Waals surface area contributed by atoms with Crippen molar-refractivity contribution in [3.63, 3.8) is 0 Å². The van der Waals surface area contributed by atoms with Crippen molar-refractivity contribution in [2.24, 2.45) is 0 Å². The number of allylic oxidation sites excluding steroid dienone is 2. The normalized spacial score (nSPS) is 23.0. The molecule has 1 N–H and O–H groups in total. The Morgan fingerprint density at radius 3 is 2.90 bits per heavy atom. The molecule has 0 spiro atoms. The summed E-state index contributed by atoms with van der Waals surface area (Å²) in [5.74, 6) is 0.465. The molecule has 1 aliphatic heterocycles. The molecule has 1 atom stereocenters. The molecule has 1 unspecified atom stereocenters. The lowest BCUT2D eigenvalue weighted by molar-refractivity contribution is -0.133.